The van der Waals surface area contributed by atoms with Gasteiger partial charge in [0.1, 0.15) is 18.2 Å². The summed E-state index contributed by atoms with van der Waals surface area (Å²) in [6, 6.07) is 18.9. The second-order valence-electron chi connectivity index (χ2n) is 6.44. The molecule has 5 nitrogen and oxygen atoms in total. The number of hydrogen-bond acceptors (Lipinski definition) is 4. The fourth-order valence-electron chi connectivity index (χ4n) is 2.56. The predicted octanol–water partition coefficient (Wildman–Crippen LogP) is 5.24. The third-order valence-electron chi connectivity index (χ3n) is 4.19. The van der Waals surface area contributed by atoms with Gasteiger partial charge in [-0.3, -0.25) is 4.79 Å². The zero-order valence-corrected chi connectivity index (χ0v) is 16.9. The first-order valence-corrected chi connectivity index (χ1v) is 9.54. The van der Waals surface area contributed by atoms with Gasteiger partial charge in [-0.05, 0) is 61.5 Å². The summed E-state index contributed by atoms with van der Waals surface area (Å²) in [6.45, 7) is 1.62. The van der Waals surface area contributed by atoms with Gasteiger partial charge in [-0.25, -0.2) is 9.18 Å². The van der Waals surface area contributed by atoms with Crippen molar-refractivity contribution in [2.45, 2.75) is 19.6 Å². The topological polar surface area (TPSA) is 64.6 Å². The average Bonchev–Trinajstić information content (AvgIpc) is 2.75. The normalized spacial score (nSPS) is 11.4. The maximum atomic E-state index is 12.9. The molecule has 1 atom stereocenters. The van der Waals surface area contributed by atoms with Gasteiger partial charge < -0.3 is 14.8 Å². The van der Waals surface area contributed by atoms with E-state index in [0.717, 1.165) is 0 Å². The van der Waals surface area contributed by atoms with Crippen LogP contribution in [0.25, 0.3) is 0 Å². The van der Waals surface area contributed by atoms with E-state index in [1.54, 1.807) is 49.4 Å². The summed E-state index contributed by atoms with van der Waals surface area (Å²) in [6.07, 6.45) is -0.841. The van der Waals surface area contributed by atoms with Crippen LogP contribution < -0.4 is 10.1 Å². The van der Waals surface area contributed by atoms with Gasteiger partial charge >= 0.3 is 5.97 Å². The quantitative estimate of drug-likeness (QED) is 0.523. The number of halogens is 2. The third kappa shape index (κ3) is 5.81. The molecule has 154 valence electrons. The fraction of sp³-hybridized carbons (Fsp3) is 0.130. The van der Waals surface area contributed by atoms with Gasteiger partial charge in [0.2, 0.25) is 0 Å². The maximum absolute atomic E-state index is 12.9. The number of esters is 1. The minimum absolute atomic E-state index is 0.0503. The summed E-state index contributed by atoms with van der Waals surface area (Å²) in [4.78, 5) is 24.4. The predicted molar refractivity (Wildman–Crippen MR) is 112 cm³/mol. The van der Waals surface area contributed by atoms with Crippen molar-refractivity contribution < 1.29 is 23.5 Å². The van der Waals surface area contributed by atoms with Gasteiger partial charge in [0.15, 0.2) is 6.10 Å². The zero-order valence-electron chi connectivity index (χ0n) is 16.1. The molecular formula is C23H19ClFNO4. The number of carbonyl (C=O) groups is 2. The molecule has 0 heterocycles. The lowest BCUT2D eigenvalue weighted by atomic mass is 10.2. The van der Waals surface area contributed by atoms with Crippen molar-refractivity contribution >= 4 is 29.2 Å². The van der Waals surface area contributed by atoms with E-state index in [1.807, 2.05) is 6.07 Å². The zero-order chi connectivity index (χ0) is 21.5. The highest BCUT2D eigenvalue weighted by Gasteiger charge is 2.17. The number of amides is 1. The van der Waals surface area contributed by atoms with E-state index in [2.05, 4.69) is 5.32 Å². The number of hydrogen-bond donors (Lipinski definition) is 1. The Morgan fingerprint density at radius 2 is 1.67 bits per heavy atom. The Morgan fingerprint density at radius 1 is 1.00 bits per heavy atom. The molecule has 0 fully saturated rings. The number of ether oxygens (including phenoxy) is 2. The van der Waals surface area contributed by atoms with Crippen molar-refractivity contribution in [1.82, 2.24) is 0 Å². The number of benzene rings is 3. The monoisotopic (exact) mass is 427 g/mol. The summed E-state index contributed by atoms with van der Waals surface area (Å²) < 4.78 is 23.8. The first-order chi connectivity index (χ1) is 14.4. The summed E-state index contributed by atoms with van der Waals surface area (Å²) in [5, 5.41) is 3.19. The molecule has 30 heavy (non-hydrogen) atoms. The number of anilines is 1. The standard InChI is InChI=1S/C23H19ClFNO4/c1-15(23(28)29-14-17-4-2-3-5-21(17)24)30-20-12-6-16(7-13-20)22(27)26-19-10-8-18(25)9-11-19/h2-13,15H,14H2,1H3,(H,26,27). The molecule has 0 spiro atoms. The molecule has 0 aromatic heterocycles. The molecule has 0 aliphatic carbocycles. The molecule has 0 saturated carbocycles. The van der Waals surface area contributed by atoms with Crippen LogP contribution in [-0.2, 0) is 16.1 Å². The van der Waals surface area contributed by atoms with Crippen LogP contribution in [-0.4, -0.2) is 18.0 Å². The van der Waals surface area contributed by atoms with E-state index in [-0.39, 0.29) is 18.3 Å². The Labute approximate surface area is 178 Å². The van der Waals surface area contributed by atoms with E-state index in [9.17, 15) is 14.0 Å². The second kappa shape index (κ2) is 9.89. The SMILES string of the molecule is CC(Oc1ccc(C(=O)Nc2ccc(F)cc2)cc1)C(=O)OCc1ccccc1Cl. The van der Waals surface area contributed by atoms with Gasteiger partial charge in [-0.2, -0.15) is 0 Å². The first kappa shape index (κ1) is 21.3. The molecule has 3 aromatic rings. The van der Waals surface area contributed by atoms with Crippen molar-refractivity contribution in [3.63, 3.8) is 0 Å². The molecule has 0 bridgehead atoms. The highest BCUT2D eigenvalue weighted by Crippen LogP contribution is 2.18. The van der Waals surface area contributed by atoms with Crippen LogP contribution in [0.3, 0.4) is 0 Å². The number of nitrogens with one attached hydrogen (secondary N) is 1. The average molecular weight is 428 g/mol. The smallest absolute Gasteiger partial charge is 0.347 e. The highest BCUT2D eigenvalue weighted by atomic mass is 35.5. The van der Waals surface area contributed by atoms with Crippen molar-refractivity contribution in [1.29, 1.82) is 0 Å². The lowest BCUT2D eigenvalue weighted by Gasteiger charge is -2.14. The molecule has 3 rings (SSSR count). The van der Waals surface area contributed by atoms with Crippen LogP contribution >= 0.6 is 11.6 Å². The summed E-state index contributed by atoms with van der Waals surface area (Å²) in [5.74, 6) is -0.849. The number of rotatable bonds is 7. The molecule has 7 heteroatoms. The minimum Gasteiger partial charge on any atom is -0.479 e. The summed E-state index contributed by atoms with van der Waals surface area (Å²) in [7, 11) is 0. The van der Waals surface area contributed by atoms with Crippen LogP contribution in [0.1, 0.15) is 22.8 Å². The van der Waals surface area contributed by atoms with E-state index >= 15 is 0 Å². The third-order valence-corrected chi connectivity index (χ3v) is 4.56. The van der Waals surface area contributed by atoms with E-state index in [1.165, 1.54) is 24.3 Å². The van der Waals surface area contributed by atoms with Crippen LogP contribution in [0.2, 0.25) is 5.02 Å². The van der Waals surface area contributed by atoms with Gasteiger partial charge in [-0.1, -0.05) is 29.8 Å². The summed E-state index contributed by atoms with van der Waals surface area (Å²) in [5.41, 5.74) is 1.58. The van der Waals surface area contributed by atoms with Crippen LogP contribution in [0.4, 0.5) is 10.1 Å². The molecule has 1 amide bonds. The van der Waals surface area contributed by atoms with Crippen molar-refractivity contribution in [3.05, 3.63) is 94.8 Å². The largest absolute Gasteiger partial charge is 0.479 e. The molecule has 0 radical (unpaired) electrons. The lowest BCUT2D eigenvalue weighted by molar-refractivity contribution is -0.152. The van der Waals surface area contributed by atoms with Crippen LogP contribution in [0.5, 0.6) is 5.75 Å². The van der Waals surface area contributed by atoms with E-state index < -0.39 is 12.1 Å². The molecule has 0 saturated heterocycles. The van der Waals surface area contributed by atoms with E-state index in [4.69, 9.17) is 21.1 Å². The molecule has 0 aliphatic heterocycles. The molecule has 3 aromatic carbocycles. The highest BCUT2D eigenvalue weighted by molar-refractivity contribution is 6.31. The number of carbonyl (C=O) groups excluding carboxylic acids is 2. The maximum Gasteiger partial charge on any atom is 0.347 e. The van der Waals surface area contributed by atoms with Crippen molar-refractivity contribution in [2.24, 2.45) is 0 Å². The van der Waals surface area contributed by atoms with Gasteiger partial charge in [0, 0.05) is 21.8 Å². The van der Waals surface area contributed by atoms with Gasteiger partial charge in [-0.15, -0.1) is 0 Å². The van der Waals surface area contributed by atoms with Crippen molar-refractivity contribution in [3.8, 4) is 5.75 Å². The Balaban J connectivity index is 1.52. The fourth-order valence-corrected chi connectivity index (χ4v) is 2.75. The van der Waals surface area contributed by atoms with Gasteiger partial charge in [0.05, 0.1) is 0 Å². The molecule has 0 aliphatic rings. The van der Waals surface area contributed by atoms with Crippen LogP contribution in [0.15, 0.2) is 72.8 Å². The van der Waals surface area contributed by atoms with Gasteiger partial charge in [0.25, 0.3) is 5.91 Å². The second-order valence-corrected chi connectivity index (χ2v) is 6.85. The molecule has 1 N–H and O–H groups in total. The Morgan fingerprint density at radius 3 is 2.33 bits per heavy atom. The van der Waals surface area contributed by atoms with Crippen molar-refractivity contribution in [2.75, 3.05) is 5.32 Å². The lowest BCUT2D eigenvalue weighted by Crippen LogP contribution is -2.26. The Kier molecular flexibility index (Phi) is 7.03. The molecular weight excluding hydrogens is 409 g/mol. The Hall–Kier alpha value is -3.38. The Bertz CT molecular complexity index is 1020. The molecule has 1 unspecified atom stereocenters. The summed E-state index contributed by atoms with van der Waals surface area (Å²) >= 11 is 6.04. The minimum atomic E-state index is -0.841. The first-order valence-electron chi connectivity index (χ1n) is 9.16. The van der Waals surface area contributed by atoms with Crippen LogP contribution in [0, 0.1) is 5.82 Å². The van der Waals surface area contributed by atoms with E-state index in [0.29, 0.717) is 27.6 Å².